The topological polar surface area (TPSA) is 144 Å². The molecule has 1 heterocycles. The maximum Gasteiger partial charge on any atom is 0.326 e. The fourth-order valence-electron chi connectivity index (χ4n) is 2.64. The number of carboxylic acid groups (broad SMARTS) is 1. The molecule has 0 radical (unpaired) electrons. The van der Waals surface area contributed by atoms with E-state index >= 15 is 0 Å². The highest BCUT2D eigenvalue weighted by atomic mass is 16.6. The number of amides is 1. The summed E-state index contributed by atoms with van der Waals surface area (Å²) in [6.45, 7) is 4.96. The summed E-state index contributed by atoms with van der Waals surface area (Å²) in [7, 11) is 0. The van der Waals surface area contributed by atoms with Crippen molar-refractivity contribution in [3.8, 4) is 5.69 Å². The molecule has 2 N–H and O–H groups in total. The number of aliphatic carboxylic acids is 1. The van der Waals surface area contributed by atoms with Crippen LogP contribution in [0.25, 0.3) is 5.69 Å². The lowest BCUT2D eigenvalue weighted by Gasteiger charge is -2.20. The van der Waals surface area contributed by atoms with Crippen molar-refractivity contribution >= 4 is 17.6 Å². The zero-order valence-corrected chi connectivity index (χ0v) is 15.6. The molecule has 28 heavy (non-hydrogen) atoms. The van der Waals surface area contributed by atoms with Crippen LogP contribution in [-0.4, -0.2) is 37.7 Å². The first-order valence-corrected chi connectivity index (χ1v) is 8.55. The van der Waals surface area contributed by atoms with Gasteiger partial charge in [0.2, 0.25) is 5.43 Å². The van der Waals surface area contributed by atoms with E-state index in [1.807, 2.05) is 0 Å². The molecule has 0 aliphatic carbocycles. The van der Waals surface area contributed by atoms with Crippen LogP contribution in [0.15, 0.2) is 35.1 Å². The highest BCUT2D eigenvalue weighted by Crippen LogP contribution is 2.22. The first-order chi connectivity index (χ1) is 13.2. The molecule has 10 nitrogen and oxygen atoms in total. The normalized spacial score (nSPS) is 12.8. The molecule has 0 saturated carbocycles. The SMILES string of the molecule is CCC(C)C(NC(=O)c1nn(-c2ccccc2[N+](=O)[O-])c(C)cc1=O)C(=O)O. The van der Waals surface area contributed by atoms with Crippen molar-refractivity contribution in [3.05, 3.63) is 62.1 Å². The van der Waals surface area contributed by atoms with Crippen molar-refractivity contribution in [1.29, 1.82) is 0 Å². The third kappa shape index (κ3) is 4.22. The van der Waals surface area contributed by atoms with Crippen LogP contribution < -0.4 is 10.7 Å². The van der Waals surface area contributed by atoms with Crippen molar-refractivity contribution in [1.82, 2.24) is 15.1 Å². The number of rotatable bonds is 7. The number of nitro benzene ring substituents is 1. The van der Waals surface area contributed by atoms with E-state index in [1.165, 1.54) is 25.1 Å². The van der Waals surface area contributed by atoms with Gasteiger partial charge in [0, 0.05) is 17.8 Å². The zero-order valence-electron chi connectivity index (χ0n) is 15.6. The number of carbonyl (C=O) groups excluding carboxylic acids is 1. The summed E-state index contributed by atoms with van der Waals surface area (Å²) in [4.78, 5) is 46.9. The number of benzene rings is 1. The van der Waals surface area contributed by atoms with E-state index in [-0.39, 0.29) is 23.0 Å². The lowest BCUT2D eigenvalue weighted by atomic mass is 9.99. The summed E-state index contributed by atoms with van der Waals surface area (Å²) in [5.41, 5.74) is -1.14. The average Bonchev–Trinajstić information content (AvgIpc) is 2.65. The second kappa shape index (κ2) is 8.42. The third-order valence-corrected chi connectivity index (χ3v) is 4.39. The van der Waals surface area contributed by atoms with Gasteiger partial charge in [-0.1, -0.05) is 32.4 Å². The molecule has 1 amide bonds. The summed E-state index contributed by atoms with van der Waals surface area (Å²) >= 11 is 0. The van der Waals surface area contributed by atoms with Crippen molar-refractivity contribution in [3.63, 3.8) is 0 Å². The van der Waals surface area contributed by atoms with Gasteiger partial charge in [-0.3, -0.25) is 19.7 Å². The minimum Gasteiger partial charge on any atom is -0.480 e. The molecule has 0 aliphatic heterocycles. The van der Waals surface area contributed by atoms with Crippen molar-refractivity contribution in [2.75, 3.05) is 0 Å². The molecule has 0 bridgehead atoms. The fourth-order valence-corrected chi connectivity index (χ4v) is 2.64. The quantitative estimate of drug-likeness (QED) is 0.542. The van der Waals surface area contributed by atoms with Gasteiger partial charge in [-0.05, 0) is 18.9 Å². The molecule has 2 aromatic rings. The van der Waals surface area contributed by atoms with E-state index in [9.17, 15) is 29.6 Å². The Labute approximate surface area is 160 Å². The van der Waals surface area contributed by atoms with Crippen molar-refractivity contribution < 1.29 is 19.6 Å². The number of hydrogen-bond donors (Lipinski definition) is 2. The van der Waals surface area contributed by atoms with Crippen LogP contribution >= 0.6 is 0 Å². The molecule has 1 aromatic carbocycles. The van der Waals surface area contributed by atoms with E-state index in [0.29, 0.717) is 6.42 Å². The van der Waals surface area contributed by atoms with Crippen LogP contribution in [-0.2, 0) is 4.79 Å². The van der Waals surface area contributed by atoms with Crippen LogP contribution in [0, 0.1) is 23.0 Å². The predicted octanol–water partition coefficient (Wildman–Crippen LogP) is 1.68. The fraction of sp³-hybridized carbons (Fsp3) is 0.333. The minimum atomic E-state index is -1.23. The van der Waals surface area contributed by atoms with Crippen LogP contribution in [0.4, 0.5) is 5.69 Å². The maximum absolute atomic E-state index is 12.5. The molecule has 0 fully saturated rings. The molecule has 0 spiro atoms. The summed E-state index contributed by atoms with van der Waals surface area (Å²) in [5.74, 6) is -2.55. The van der Waals surface area contributed by atoms with E-state index in [1.54, 1.807) is 19.9 Å². The minimum absolute atomic E-state index is 0.0794. The zero-order chi connectivity index (χ0) is 21.0. The van der Waals surface area contributed by atoms with E-state index in [0.717, 1.165) is 10.7 Å². The molecule has 1 aromatic heterocycles. The van der Waals surface area contributed by atoms with Gasteiger partial charge in [-0.2, -0.15) is 5.10 Å². The van der Waals surface area contributed by atoms with Gasteiger partial charge < -0.3 is 10.4 Å². The number of carbonyl (C=O) groups is 2. The van der Waals surface area contributed by atoms with Gasteiger partial charge in [-0.15, -0.1) is 0 Å². The number of aryl methyl sites for hydroxylation is 1. The third-order valence-electron chi connectivity index (χ3n) is 4.39. The Kier molecular flexibility index (Phi) is 6.24. The van der Waals surface area contributed by atoms with Crippen LogP contribution in [0.5, 0.6) is 0 Å². The summed E-state index contributed by atoms with van der Waals surface area (Å²) in [6, 6.07) is 5.68. The molecule has 2 atom stereocenters. The Balaban J connectivity index is 2.52. The van der Waals surface area contributed by atoms with Gasteiger partial charge in [0.1, 0.15) is 11.7 Å². The van der Waals surface area contributed by atoms with Crippen LogP contribution in [0.2, 0.25) is 0 Å². The second-order valence-electron chi connectivity index (χ2n) is 6.33. The molecular weight excluding hydrogens is 368 g/mol. The summed E-state index contributed by atoms with van der Waals surface area (Å²) < 4.78 is 1.12. The lowest BCUT2D eigenvalue weighted by Crippen LogP contribution is -2.46. The van der Waals surface area contributed by atoms with Crippen LogP contribution in [0.3, 0.4) is 0 Å². The summed E-state index contributed by atoms with van der Waals surface area (Å²) in [5, 5.41) is 26.9. The predicted molar refractivity (Wildman–Crippen MR) is 99.6 cm³/mol. The maximum atomic E-state index is 12.5. The van der Waals surface area contributed by atoms with Gasteiger partial charge >= 0.3 is 5.97 Å². The van der Waals surface area contributed by atoms with E-state index < -0.39 is 34.0 Å². The van der Waals surface area contributed by atoms with Crippen molar-refractivity contribution in [2.24, 2.45) is 5.92 Å². The van der Waals surface area contributed by atoms with Crippen molar-refractivity contribution in [2.45, 2.75) is 33.2 Å². The molecule has 0 saturated heterocycles. The summed E-state index contributed by atoms with van der Waals surface area (Å²) in [6.07, 6.45) is 0.499. The number of hydrogen-bond acceptors (Lipinski definition) is 6. The highest BCUT2D eigenvalue weighted by Gasteiger charge is 2.28. The number of carboxylic acids is 1. The molecule has 2 unspecified atom stereocenters. The first-order valence-electron chi connectivity index (χ1n) is 8.55. The Hall–Kier alpha value is -3.56. The highest BCUT2D eigenvalue weighted by molar-refractivity contribution is 5.94. The number of aromatic nitrogens is 2. The average molecular weight is 388 g/mol. The van der Waals surface area contributed by atoms with Gasteiger partial charge in [0.25, 0.3) is 11.6 Å². The standard InChI is InChI=1S/C18H20N4O6/c1-4-10(2)15(18(25)26)19-17(24)16-14(23)9-11(3)21(20-16)12-7-5-6-8-13(12)22(27)28/h5-10,15H,4H2,1-3H3,(H,19,24)(H,25,26). The number of nitrogens with one attached hydrogen (secondary N) is 1. The molecular formula is C18H20N4O6. The molecule has 148 valence electrons. The molecule has 0 aliphatic rings. The Morgan fingerprint density at radius 2 is 2.00 bits per heavy atom. The molecule has 10 heteroatoms. The van der Waals surface area contributed by atoms with Gasteiger partial charge in [-0.25, -0.2) is 9.48 Å². The van der Waals surface area contributed by atoms with Crippen LogP contribution in [0.1, 0.15) is 36.5 Å². The smallest absolute Gasteiger partial charge is 0.326 e. The Morgan fingerprint density at radius 3 is 2.57 bits per heavy atom. The first kappa shape index (κ1) is 20.7. The second-order valence-corrected chi connectivity index (χ2v) is 6.33. The Bertz CT molecular complexity index is 984. The lowest BCUT2D eigenvalue weighted by molar-refractivity contribution is -0.384. The largest absolute Gasteiger partial charge is 0.480 e. The monoisotopic (exact) mass is 388 g/mol. The van der Waals surface area contributed by atoms with E-state index in [4.69, 9.17) is 0 Å². The number of para-hydroxylation sites is 2. The number of nitro groups is 1. The molecule has 2 rings (SSSR count). The Morgan fingerprint density at radius 1 is 1.36 bits per heavy atom. The number of nitrogens with zero attached hydrogens (tertiary/aromatic N) is 3. The van der Waals surface area contributed by atoms with Gasteiger partial charge in [0.15, 0.2) is 5.69 Å². The van der Waals surface area contributed by atoms with Gasteiger partial charge in [0.05, 0.1) is 4.92 Å². The van der Waals surface area contributed by atoms with E-state index in [2.05, 4.69) is 10.4 Å².